The summed E-state index contributed by atoms with van der Waals surface area (Å²) in [4.78, 5) is 2.75. The van der Waals surface area contributed by atoms with Gasteiger partial charge >= 0.3 is 0 Å². The third kappa shape index (κ3) is 5.15. The van der Waals surface area contributed by atoms with Crippen molar-refractivity contribution in [2.24, 2.45) is 5.92 Å². The molecule has 3 heterocycles. The molecule has 0 bridgehead atoms. The van der Waals surface area contributed by atoms with Crippen LogP contribution in [0.1, 0.15) is 32.1 Å². The Kier molecular flexibility index (Phi) is 6.98. The highest BCUT2D eigenvalue weighted by atomic mass is 32.2. The minimum Gasteiger partial charge on any atom is -0.300 e. The van der Waals surface area contributed by atoms with E-state index in [1.54, 1.807) is 12.1 Å². The number of thioether (sulfide) groups is 1. The first-order valence-electron chi connectivity index (χ1n) is 10.8. The third-order valence-corrected chi connectivity index (χ3v) is 10.9. The van der Waals surface area contributed by atoms with Crippen molar-refractivity contribution in [2.75, 3.05) is 47.7 Å². The summed E-state index contributed by atoms with van der Waals surface area (Å²) >= 11 is 2.03. The number of nitrogens with zero attached hydrogens (tertiary/aromatic N) is 2. The van der Waals surface area contributed by atoms with E-state index in [1.807, 2.05) is 11.8 Å². The van der Waals surface area contributed by atoms with Gasteiger partial charge in [-0.2, -0.15) is 11.8 Å². The summed E-state index contributed by atoms with van der Waals surface area (Å²) in [5.41, 5.74) is 0.533. The van der Waals surface area contributed by atoms with Gasteiger partial charge in [0, 0.05) is 24.9 Å². The van der Waals surface area contributed by atoms with Crippen LogP contribution in [0.5, 0.6) is 0 Å². The summed E-state index contributed by atoms with van der Waals surface area (Å²) in [5.74, 6) is 2.99. The molecule has 3 saturated heterocycles. The van der Waals surface area contributed by atoms with Crippen molar-refractivity contribution in [3.8, 4) is 0 Å². The van der Waals surface area contributed by atoms with Crippen molar-refractivity contribution in [2.45, 2.75) is 43.0 Å². The molecule has 3 aliphatic rings. The predicted octanol–water partition coefficient (Wildman–Crippen LogP) is 2.11. The van der Waals surface area contributed by atoms with Gasteiger partial charge in [-0.1, -0.05) is 0 Å². The second kappa shape index (κ2) is 9.36. The molecule has 168 valence electrons. The first kappa shape index (κ1) is 22.4. The number of likely N-dealkylation sites (tertiary alicyclic amines) is 1. The second-order valence-electron chi connectivity index (χ2n) is 8.44. The van der Waals surface area contributed by atoms with E-state index in [0.717, 1.165) is 32.4 Å². The monoisotopic (exact) mass is 473 g/mol. The number of anilines is 1. The lowest BCUT2D eigenvalue weighted by molar-refractivity contribution is 0.145. The SMILES string of the molecule is O=S(=O)(NCC1CCN(C2CCSC2)CC1)c1ccc(N2CCCCS2(=O)=O)cc1. The topological polar surface area (TPSA) is 86.8 Å². The predicted molar refractivity (Wildman–Crippen MR) is 122 cm³/mol. The molecule has 7 nitrogen and oxygen atoms in total. The Bertz CT molecular complexity index is 921. The van der Waals surface area contributed by atoms with Crippen LogP contribution >= 0.6 is 11.8 Å². The van der Waals surface area contributed by atoms with E-state index in [4.69, 9.17) is 0 Å². The second-order valence-corrected chi connectivity index (χ2v) is 13.4. The Labute approximate surface area is 184 Å². The van der Waals surface area contributed by atoms with Gasteiger partial charge in [-0.05, 0) is 81.1 Å². The molecule has 0 aliphatic carbocycles. The van der Waals surface area contributed by atoms with E-state index in [9.17, 15) is 16.8 Å². The van der Waals surface area contributed by atoms with Gasteiger partial charge in [0.25, 0.3) is 0 Å². The fourth-order valence-electron chi connectivity index (χ4n) is 4.51. The Morgan fingerprint density at radius 1 is 1.03 bits per heavy atom. The summed E-state index contributed by atoms with van der Waals surface area (Å²) in [7, 11) is -6.90. The van der Waals surface area contributed by atoms with Crippen molar-refractivity contribution in [1.29, 1.82) is 0 Å². The molecule has 1 aromatic rings. The molecule has 0 radical (unpaired) electrons. The molecule has 3 aliphatic heterocycles. The lowest BCUT2D eigenvalue weighted by Gasteiger charge is -2.35. The first-order chi connectivity index (χ1) is 14.4. The lowest BCUT2D eigenvalue weighted by Crippen LogP contribution is -2.43. The van der Waals surface area contributed by atoms with E-state index in [1.165, 1.54) is 34.4 Å². The van der Waals surface area contributed by atoms with Gasteiger partial charge < -0.3 is 0 Å². The van der Waals surface area contributed by atoms with Crippen LogP contribution in [-0.2, 0) is 20.0 Å². The van der Waals surface area contributed by atoms with Crippen LogP contribution in [0.25, 0.3) is 0 Å². The van der Waals surface area contributed by atoms with Crippen molar-refractivity contribution in [1.82, 2.24) is 9.62 Å². The average molecular weight is 474 g/mol. The largest absolute Gasteiger partial charge is 0.300 e. The van der Waals surface area contributed by atoms with E-state index >= 15 is 0 Å². The molecule has 1 unspecified atom stereocenters. The third-order valence-electron chi connectivity index (χ3n) is 6.42. The standard InChI is InChI=1S/C20H31N3O4S3/c24-29(25)14-2-1-10-23(29)18-3-5-20(6-4-18)30(26,27)21-15-17-7-11-22(12-8-17)19-9-13-28-16-19/h3-6,17,19,21H,1-2,7-16H2. The highest BCUT2D eigenvalue weighted by Gasteiger charge is 2.29. The summed E-state index contributed by atoms with van der Waals surface area (Å²) < 4.78 is 54.0. The molecule has 0 spiro atoms. The summed E-state index contributed by atoms with van der Waals surface area (Å²) in [6.45, 7) is 3.01. The zero-order valence-corrected chi connectivity index (χ0v) is 19.7. The molecule has 3 fully saturated rings. The molecule has 4 rings (SSSR count). The van der Waals surface area contributed by atoms with Gasteiger partial charge in [-0.25, -0.2) is 21.6 Å². The van der Waals surface area contributed by atoms with Crippen LogP contribution in [0.4, 0.5) is 5.69 Å². The molecule has 30 heavy (non-hydrogen) atoms. The Hall–Kier alpha value is -0.810. The minimum absolute atomic E-state index is 0.146. The molecular weight excluding hydrogens is 442 g/mol. The number of hydrogen-bond donors (Lipinski definition) is 1. The smallest absolute Gasteiger partial charge is 0.240 e. The van der Waals surface area contributed by atoms with E-state index in [2.05, 4.69) is 9.62 Å². The Morgan fingerprint density at radius 2 is 1.77 bits per heavy atom. The normalized spacial score (nSPS) is 26.1. The summed E-state index contributed by atoms with van der Waals surface area (Å²) in [6.07, 6.45) is 4.81. The highest BCUT2D eigenvalue weighted by molar-refractivity contribution is 7.99. The van der Waals surface area contributed by atoms with E-state index in [0.29, 0.717) is 37.2 Å². The molecule has 0 saturated carbocycles. The summed E-state index contributed by atoms with van der Waals surface area (Å²) in [6, 6.07) is 6.89. The highest BCUT2D eigenvalue weighted by Crippen LogP contribution is 2.27. The van der Waals surface area contributed by atoms with Gasteiger partial charge in [-0.3, -0.25) is 9.21 Å². The van der Waals surface area contributed by atoms with E-state index < -0.39 is 20.0 Å². The van der Waals surface area contributed by atoms with Gasteiger partial charge in [0.1, 0.15) is 0 Å². The molecule has 0 amide bonds. The first-order valence-corrected chi connectivity index (χ1v) is 15.0. The van der Waals surface area contributed by atoms with Crippen molar-refractivity contribution < 1.29 is 16.8 Å². The maximum absolute atomic E-state index is 12.7. The van der Waals surface area contributed by atoms with Gasteiger partial charge in [-0.15, -0.1) is 0 Å². The lowest BCUT2D eigenvalue weighted by atomic mass is 9.96. The van der Waals surface area contributed by atoms with Crippen LogP contribution in [0.15, 0.2) is 29.2 Å². The fourth-order valence-corrected chi connectivity index (χ4v) is 8.52. The summed E-state index contributed by atoms with van der Waals surface area (Å²) in [5, 5.41) is 0. The zero-order valence-electron chi connectivity index (χ0n) is 17.2. The van der Waals surface area contributed by atoms with Crippen molar-refractivity contribution in [3.63, 3.8) is 0 Å². The van der Waals surface area contributed by atoms with E-state index in [-0.39, 0.29) is 10.6 Å². The van der Waals surface area contributed by atoms with Crippen LogP contribution in [0.3, 0.4) is 0 Å². The van der Waals surface area contributed by atoms with Gasteiger partial charge in [0.2, 0.25) is 20.0 Å². The fraction of sp³-hybridized carbons (Fsp3) is 0.700. The number of benzene rings is 1. The zero-order chi connectivity index (χ0) is 21.2. The quantitative estimate of drug-likeness (QED) is 0.681. The maximum Gasteiger partial charge on any atom is 0.240 e. The number of sulfonamides is 2. The number of rotatable bonds is 6. The Morgan fingerprint density at radius 3 is 2.40 bits per heavy atom. The molecule has 0 aromatic heterocycles. The van der Waals surface area contributed by atoms with Crippen molar-refractivity contribution >= 4 is 37.5 Å². The van der Waals surface area contributed by atoms with Crippen LogP contribution < -0.4 is 9.03 Å². The van der Waals surface area contributed by atoms with Crippen LogP contribution in [0.2, 0.25) is 0 Å². The Balaban J connectivity index is 1.31. The van der Waals surface area contributed by atoms with Crippen LogP contribution in [-0.4, -0.2) is 71.2 Å². The number of hydrogen-bond acceptors (Lipinski definition) is 6. The molecular formula is C20H31N3O4S3. The minimum atomic E-state index is -3.60. The molecule has 1 aromatic carbocycles. The van der Waals surface area contributed by atoms with Gasteiger partial charge in [0.05, 0.1) is 16.3 Å². The van der Waals surface area contributed by atoms with Gasteiger partial charge in [0.15, 0.2) is 0 Å². The molecule has 1 N–H and O–H groups in total. The van der Waals surface area contributed by atoms with Crippen molar-refractivity contribution in [3.05, 3.63) is 24.3 Å². The van der Waals surface area contributed by atoms with Crippen LogP contribution in [0, 0.1) is 5.92 Å². The number of nitrogens with one attached hydrogen (secondary N) is 1. The average Bonchev–Trinajstić information content (AvgIpc) is 3.27. The maximum atomic E-state index is 12.7. The molecule has 10 heteroatoms. The molecule has 1 atom stereocenters. The number of piperidine rings is 1.